The fraction of sp³-hybridized carbons (Fsp3) is 0. The molecule has 0 saturated heterocycles. The lowest BCUT2D eigenvalue weighted by molar-refractivity contribution is 0.0699. The Hall–Kier alpha value is -0.140. The first-order chi connectivity index (χ1) is 6.59. The van der Waals surface area contributed by atoms with Crippen LogP contribution in [0.15, 0.2) is 22.0 Å². The first kappa shape index (κ1) is 10.4. The fourth-order valence-electron chi connectivity index (χ4n) is 1.25. The zero-order valence-electron chi connectivity index (χ0n) is 6.75. The van der Waals surface area contributed by atoms with Crippen molar-refractivity contribution in [3.8, 4) is 0 Å². The highest BCUT2D eigenvalue weighted by molar-refractivity contribution is 14.1. The van der Waals surface area contributed by atoms with E-state index >= 15 is 0 Å². The predicted molar refractivity (Wildman–Crippen MR) is 69.2 cm³/mol. The van der Waals surface area contributed by atoms with Gasteiger partial charge in [0.2, 0.25) is 0 Å². The third-order valence-electron chi connectivity index (χ3n) is 1.84. The normalized spacial score (nSPS) is 10.7. The number of rotatable bonds is 1. The molecule has 1 aromatic carbocycles. The number of halogens is 2. The van der Waals surface area contributed by atoms with E-state index in [0.29, 0.717) is 5.56 Å². The Bertz CT molecular complexity index is 521. The van der Waals surface area contributed by atoms with E-state index in [0.717, 1.165) is 17.4 Å². The van der Waals surface area contributed by atoms with E-state index in [1.165, 1.54) is 0 Å². The van der Waals surface area contributed by atoms with Crippen LogP contribution in [0.3, 0.4) is 0 Å². The van der Waals surface area contributed by atoms with Gasteiger partial charge in [0.05, 0.1) is 9.35 Å². The van der Waals surface area contributed by atoms with E-state index in [1.807, 2.05) is 12.1 Å². The summed E-state index contributed by atoms with van der Waals surface area (Å²) in [5, 5.41) is 9.78. The van der Waals surface area contributed by atoms with Crippen molar-refractivity contribution < 1.29 is 9.90 Å². The Balaban J connectivity index is 2.87. The smallest absolute Gasteiger partial charge is 0.336 e. The molecular formula is C9H4BrIO2S. The van der Waals surface area contributed by atoms with Crippen molar-refractivity contribution in [1.82, 2.24) is 0 Å². The van der Waals surface area contributed by atoms with E-state index < -0.39 is 5.97 Å². The average molecular weight is 383 g/mol. The lowest BCUT2D eigenvalue weighted by Gasteiger charge is -1.98. The summed E-state index contributed by atoms with van der Waals surface area (Å²) in [5.74, 6) is -0.878. The minimum absolute atomic E-state index is 0.363. The van der Waals surface area contributed by atoms with Gasteiger partial charge >= 0.3 is 5.97 Å². The van der Waals surface area contributed by atoms with Crippen LogP contribution in [0.4, 0.5) is 0 Å². The highest BCUT2D eigenvalue weighted by Gasteiger charge is 2.12. The molecule has 2 nitrogen and oxygen atoms in total. The zero-order valence-corrected chi connectivity index (χ0v) is 11.3. The Morgan fingerprint density at radius 1 is 1.50 bits per heavy atom. The van der Waals surface area contributed by atoms with E-state index in [1.54, 1.807) is 17.4 Å². The van der Waals surface area contributed by atoms with Crippen molar-refractivity contribution in [2.24, 2.45) is 0 Å². The fourth-order valence-corrected chi connectivity index (χ4v) is 3.58. The predicted octanol–water partition coefficient (Wildman–Crippen LogP) is 3.97. The van der Waals surface area contributed by atoms with Crippen LogP contribution >= 0.6 is 49.9 Å². The molecule has 14 heavy (non-hydrogen) atoms. The van der Waals surface area contributed by atoms with Crippen LogP contribution in [0.2, 0.25) is 0 Å². The molecule has 1 heterocycles. The van der Waals surface area contributed by atoms with Crippen LogP contribution in [0.25, 0.3) is 10.1 Å². The van der Waals surface area contributed by atoms with Crippen molar-refractivity contribution in [3.05, 3.63) is 31.1 Å². The van der Waals surface area contributed by atoms with Gasteiger partial charge in [-0.25, -0.2) is 4.79 Å². The van der Waals surface area contributed by atoms with Crippen molar-refractivity contribution in [3.63, 3.8) is 0 Å². The summed E-state index contributed by atoms with van der Waals surface area (Å²) in [7, 11) is 0. The maximum absolute atomic E-state index is 10.9. The number of carboxylic acids is 1. The molecule has 5 heteroatoms. The third-order valence-corrected chi connectivity index (χ3v) is 4.77. The van der Waals surface area contributed by atoms with Crippen molar-refractivity contribution >= 4 is 65.9 Å². The molecule has 0 radical (unpaired) electrons. The Kier molecular flexibility index (Phi) is 2.81. The molecule has 0 bridgehead atoms. The zero-order chi connectivity index (χ0) is 10.3. The molecule has 0 saturated carbocycles. The molecule has 0 atom stereocenters. The van der Waals surface area contributed by atoms with Gasteiger partial charge in [-0.3, -0.25) is 0 Å². The number of hydrogen-bond donors (Lipinski definition) is 1. The number of carbonyl (C=O) groups is 1. The lowest BCUT2D eigenvalue weighted by atomic mass is 10.1. The van der Waals surface area contributed by atoms with Crippen molar-refractivity contribution in [2.45, 2.75) is 0 Å². The Morgan fingerprint density at radius 2 is 2.21 bits per heavy atom. The number of benzene rings is 1. The minimum Gasteiger partial charge on any atom is -0.478 e. The van der Waals surface area contributed by atoms with E-state index in [9.17, 15) is 4.79 Å². The van der Waals surface area contributed by atoms with Gasteiger partial charge in [-0.2, -0.15) is 0 Å². The molecule has 0 fully saturated rings. The van der Waals surface area contributed by atoms with E-state index in [-0.39, 0.29) is 0 Å². The lowest BCUT2D eigenvalue weighted by Crippen LogP contribution is -1.96. The standard InChI is InChI=1S/C9H4BrIO2S/c10-7-3-5-4(9(12)13)1-2-6(11)8(5)14-7/h1-3H,(H,12,13). The van der Waals surface area contributed by atoms with Gasteiger partial charge in [0.15, 0.2) is 0 Å². The van der Waals surface area contributed by atoms with Gasteiger partial charge in [-0.1, -0.05) is 0 Å². The molecule has 1 N–H and O–H groups in total. The molecule has 0 aliphatic rings. The summed E-state index contributed by atoms with van der Waals surface area (Å²) < 4.78 is 3.06. The number of thiophene rings is 1. The Morgan fingerprint density at radius 3 is 2.86 bits per heavy atom. The Labute approximate surface area is 106 Å². The van der Waals surface area contributed by atoms with Gasteiger partial charge < -0.3 is 5.11 Å². The second-order valence-corrected chi connectivity index (χ2v) is 6.29. The van der Waals surface area contributed by atoms with Crippen LogP contribution in [-0.4, -0.2) is 11.1 Å². The molecular weight excluding hydrogens is 379 g/mol. The molecule has 0 amide bonds. The topological polar surface area (TPSA) is 37.3 Å². The van der Waals surface area contributed by atoms with Gasteiger partial charge in [0.25, 0.3) is 0 Å². The highest BCUT2D eigenvalue weighted by atomic mass is 127. The second-order valence-electron chi connectivity index (χ2n) is 2.69. The van der Waals surface area contributed by atoms with Crippen LogP contribution < -0.4 is 0 Å². The quantitative estimate of drug-likeness (QED) is 0.758. The summed E-state index contributed by atoms with van der Waals surface area (Å²) >= 11 is 7.13. The number of aromatic carboxylic acids is 1. The molecule has 0 aliphatic carbocycles. The van der Waals surface area contributed by atoms with Crippen LogP contribution in [0.1, 0.15) is 10.4 Å². The molecule has 1 aromatic heterocycles. The number of carboxylic acid groups (broad SMARTS) is 1. The van der Waals surface area contributed by atoms with Crippen LogP contribution in [-0.2, 0) is 0 Å². The maximum atomic E-state index is 10.9. The van der Waals surface area contributed by atoms with Gasteiger partial charge in [0, 0.05) is 13.7 Å². The number of hydrogen-bond acceptors (Lipinski definition) is 2. The third kappa shape index (κ3) is 1.68. The van der Waals surface area contributed by atoms with Gasteiger partial charge in [-0.15, -0.1) is 11.3 Å². The summed E-state index contributed by atoms with van der Waals surface area (Å²) in [5.41, 5.74) is 0.363. The molecule has 2 rings (SSSR count). The second kappa shape index (κ2) is 3.79. The largest absolute Gasteiger partial charge is 0.478 e. The van der Waals surface area contributed by atoms with E-state index in [4.69, 9.17) is 5.11 Å². The number of fused-ring (bicyclic) bond motifs is 1. The van der Waals surface area contributed by atoms with Crippen molar-refractivity contribution in [1.29, 1.82) is 0 Å². The average Bonchev–Trinajstić information content (AvgIpc) is 2.47. The first-order valence-corrected chi connectivity index (χ1v) is 6.39. The molecule has 0 aliphatic heterocycles. The van der Waals surface area contributed by atoms with Gasteiger partial charge in [0.1, 0.15) is 0 Å². The first-order valence-electron chi connectivity index (χ1n) is 3.70. The molecule has 72 valence electrons. The summed E-state index contributed by atoms with van der Waals surface area (Å²) in [6.07, 6.45) is 0. The molecule has 2 aromatic rings. The van der Waals surface area contributed by atoms with Gasteiger partial charge in [-0.05, 0) is 56.7 Å². The van der Waals surface area contributed by atoms with Crippen LogP contribution in [0.5, 0.6) is 0 Å². The highest BCUT2D eigenvalue weighted by Crippen LogP contribution is 2.35. The minimum atomic E-state index is -0.878. The monoisotopic (exact) mass is 382 g/mol. The summed E-state index contributed by atoms with van der Waals surface area (Å²) in [4.78, 5) is 10.9. The maximum Gasteiger partial charge on any atom is 0.336 e. The summed E-state index contributed by atoms with van der Waals surface area (Å²) in [6, 6.07) is 5.33. The van der Waals surface area contributed by atoms with Crippen molar-refractivity contribution in [2.75, 3.05) is 0 Å². The molecule has 0 unspecified atom stereocenters. The SMILES string of the molecule is O=C(O)c1ccc(I)c2sc(Br)cc12. The van der Waals surface area contributed by atoms with E-state index in [2.05, 4.69) is 38.5 Å². The molecule has 0 spiro atoms. The summed E-state index contributed by atoms with van der Waals surface area (Å²) in [6.45, 7) is 0. The van der Waals surface area contributed by atoms with Crippen LogP contribution in [0, 0.1) is 3.57 Å².